The van der Waals surface area contributed by atoms with Crippen molar-refractivity contribution < 1.29 is 32.2 Å². The molecule has 2 aromatic rings. The molecule has 138 valence electrons. The van der Waals surface area contributed by atoms with E-state index >= 15 is 0 Å². The highest BCUT2D eigenvalue weighted by molar-refractivity contribution is 9.10. The predicted molar refractivity (Wildman–Crippen MR) is 90.0 cm³/mol. The van der Waals surface area contributed by atoms with Gasteiger partial charge in [-0.25, -0.2) is 18.0 Å². The van der Waals surface area contributed by atoms with E-state index in [4.69, 9.17) is 9.47 Å². The van der Waals surface area contributed by atoms with Gasteiger partial charge in [0.05, 0.1) is 18.7 Å². The Morgan fingerprint density at radius 1 is 1.04 bits per heavy atom. The van der Waals surface area contributed by atoms with E-state index in [1.54, 1.807) is 6.07 Å². The highest BCUT2D eigenvalue weighted by Crippen LogP contribution is 2.35. The SMILES string of the molecule is COc1ccc(Br)c(OC)c1C(=O)NC(=O)Nc1c(F)cc(F)cc1F. The highest BCUT2D eigenvalue weighted by atomic mass is 79.9. The summed E-state index contributed by atoms with van der Waals surface area (Å²) < 4.78 is 50.6. The van der Waals surface area contributed by atoms with Crippen LogP contribution in [0, 0.1) is 17.5 Å². The number of amides is 3. The second-order valence-electron chi connectivity index (χ2n) is 4.81. The standard InChI is InChI=1S/C16H12BrF3N2O4/c1-25-11-4-3-8(17)14(26-2)12(11)15(23)22-16(24)21-13-9(19)5-7(18)6-10(13)20/h3-6H,1-2H3,(H2,21,22,23,24). The Morgan fingerprint density at radius 3 is 2.19 bits per heavy atom. The summed E-state index contributed by atoms with van der Waals surface area (Å²) in [7, 11) is 2.61. The van der Waals surface area contributed by atoms with E-state index in [0.29, 0.717) is 16.6 Å². The lowest BCUT2D eigenvalue weighted by atomic mass is 10.1. The van der Waals surface area contributed by atoms with E-state index in [0.717, 1.165) is 0 Å². The number of carbonyl (C=O) groups excluding carboxylic acids is 2. The van der Waals surface area contributed by atoms with Crippen LogP contribution in [-0.2, 0) is 0 Å². The number of methoxy groups -OCH3 is 2. The smallest absolute Gasteiger partial charge is 0.326 e. The van der Waals surface area contributed by atoms with Crippen LogP contribution in [0.25, 0.3) is 0 Å². The Bertz CT molecular complexity index is 854. The van der Waals surface area contributed by atoms with Gasteiger partial charge in [-0.15, -0.1) is 0 Å². The third-order valence-corrected chi connectivity index (χ3v) is 3.82. The van der Waals surface area contributed by atoms with Crippen LogP contribution >= 0.6 is 15.9 Å². The molecule has 10 heteroatoms. The van der Waals surface area contributed by atoms with Gasteiger partial charge in [0.15, 0.2) is 11.6 Å². The molecule has 0 bridgehead atoms. The summed E-state index contributed by atoms with van der Waals surface area (Å²) in [5, 5.41) is 3.71. The fourth-order valence-corrected chi connectivity index (χ4v) is 2.59. The zero-order valence-electron chi connectivity index (χ0n) is 13.5. The van der Waals surface area contributed by atoms with Gasteiger partial charge in [-0.1, -0.05) is 0 Å². The summed E-state index contributed by atoms with van der Waals surface area (Å²) in [6, 6.07) is 2.57. The van der Waals surface area contributed by atoms with E-state index in [1.165, 1.54) is 20.3 Å². The lowest BCUT2D eigenvalue weighted by Gasteiger charge is -2.14. The summed E-state index contributed by atoms with van der Waals surface area (Å²) >= 11 is 3.19. The Labute approximate surface area is 154 Å². The van der Waals surface area contributed by atoms with Crippen molar-refractivity contribution in [2.24, 2.45) is 0 Å². The molecule has 0 saturated heterocycles. The van der Waals surface area contributed by atoms with Gasteiger partial charge in [0.2, 0.25) is 0 Å². The number of benzene rings is 2. The number of halogens is 4. The molecule has 0 aliphatic rings. The minimum atomic E-state index is -1.33. The fourth-order valence-electron chi connectivity index (χ4n) is 2.10. The summed E-state index contributed by atoms with van der Waals surface area (Å²) in [5.74, 6) is -4.56. The molecular formula is C16H12BrF3N2O4. The minimum Gasteiger partial charge on any atom is -0.496 e. The molecule has 0 atom stereocenters. The van der Waals surface area contributed by atoms with E-state index < -0.39 is 35.1 Å². The molecule has 0 saturated carbocycles. The van der Waals surface area contributed by atoms with E-state index in [2.05, 4.69) is 15.9 Å². The van der Waals surface area contributed by atoms with Gasteiger partial charge in [-0.3, -0.25) is 10.1 Å². The first kappa shape index (κ1) is 19.6. The number of urea groups is 1. The van der Waals surface area contributed by atoms with Crippen LogP contribution in [0.1, 0.15) is 10.4 Å². The number of ether oxygens (including phenoxy) is 2. The van der Waals surface area contributed by atoms with Crippen molar-refractivity contribution >= 4 is 33.6 Å². The zero-order valence-corrected chi connectivity index (χ0v) is 15.0. The molecule has 0 spiro atoms. The summed E-state index contributed by atoms with van der Waals surface area (Å²) in [5.41, 5.74) is -1.01. The van der Waals surface area contributed by atoms with Gasteiger partial charge in [0.25, 0.3) is 5.91 Å². The van der Waals surface area contributed by atoms with Crippen LogP contribution in [0.2, 0.25) is 0 Å². The maximum Gasteiger partial charge on any atom is 0.326 e. The second-order valence-corrected chi connectivity index (χ2v) is 5.66. The average Bonchev–Trinajstić information content (AvgIpc) is 2.57. The van der Waals surface area contributed by atoms with E-state index in [9.17, 15) is 22.8 Å². The third-order valence-electron chi connectivity index (χ3n) is 3.19. The Balaban J connectivity index is 2.26. The van der Waals surface area contributed by atoms with Gasteiger partial charge in [-0.05, 0) is 28.1 Å². The number of hydrogen-bond donors (Lipinski definition) is 2. The number of nitrogens with one attached hydrogen (secondary N) is 2. The van der Waals surface area contributed by atoms with Crippen molar-refractivity contribution in [3.8, 4) is 11.5 Å². The summed E-state index contributed by atoms with van der Waals surface area (Å²) in [4.78, 5) is 24.3. The molecule has 0 unspecified atom stereocenters. The molecule has 0 radical (unpaired) electrons. The van der Waals surface area contributed by atoms with Crippen LogP contribution in [0.4, 0.5) is 23.7 Å². The molecular weight excluding hydrogens is 421 g/mol. The fraction of sp³-hybridized carbons (Fsp3) is 0.125. The summed E-state index contributed by atoms with van der Waals surface area (Å²) in [6.07, 6.45) is 0. The highest BCUT2D eigenvalue weighted by Gasteiger charge is 2.23. The van der Waals surface area contributed by atoms with Gasteiger partial charge >= 0.3 is 6.03 Å². The van der Waals surface area contributed by atoms with Gasteiger partial charge in [0.1, 0.15) is 28.6 Å². The molecule has 2 aromatic carbocycles. The number of carbonyl (C=O) groups is 2. The predicted octanol–water partition coefficient (Wildman–Crippen LogP) is 3.85. The number of rotatable bonds is 4. The van der Waals surface area contributed by atoms with Crippen molar-refractivity contribution in [3.63, 3.8) is 0 Å². The molecule has 0 fully saturated rings. The van der Waals surface area contributed by atoms with Crippen molar-refractivity contribution in [2.75, 3.05) is 19.5 Å². The molecule has 0 aliphatic carbocycles. The van der Waals surface area contributed by atoms with Crippen LogP contribution in [-0.4, -0.2) is 26.2 Å². The Kier molecular flexibility index (Phi) is 6.09. The van der Waals surface area contributed by atoms with Crippen LogP contribution < -0.4 is 20.1 Å². The number of anilines is 1. The van der Waals surface area contributed by atoms with Crippen LogP contribution in [0.3, 0.4) is 0 Å². The van der Waals surface area contributed by atoms with Crippen molar-refractivity contribution in [1.29, 1.82) is 0 Å². The maximum atomic E-state index is 13.6. The average molecular weight is 433 g/mol. The zero-order chi connectivity index (χ0) is 19.4. The van der Waals surface area contributed by atoms with Crippen molar-refractivity contribution in [3.05, 3.63) is 51.8 Å². The van der Waals surface area contributed by atoms with Gasteiger partial charge in [0, 0.05) is 12.1 Å². The van der Waals surface area contributed by atoms with E-state index in [1.807, 2.05) is 10.6 Å². The molecule has 2 rings (SSSR count). The second kappa shape index (κ2) is 8.09. The van der Waals surface area contributed by atoms with Crippen molar-refractivity contribution in [2.45, 2.75) is 0 Å². The van der Waals surface area contributed by atoms with E-state index in [-0.39, 0.29) is 17.1 Å². The molecule has 0 heterocycles. The quantitative estimate of drug-likeness (QED) is 0.769. The van der Waals surface area contributed by atoms with Crippen LogP contribution in [0.15, 0.2) is 28.7 Å². The molecule has 0 aliphatic heterocycles. The topological polar surface area (TPSA) is 76.7 Å². The molecule has 2 N–H and O–H groups in total. The number of imide groups is 1. The first-order valence-corrected chi connectivity index (χ1v) is 7.75. The monoisotopic (exact) mass is 432 g/mol. The van der Waals surface area contributed by atoms with Gasteiger partial charge < -0.3 is 14.8 Å². The van der Waals surface area contributed by atoms with Crippen molar-refractivity contribution in [1.82, 2.24) is 5.32 Å². The lowest BCUT2D eigenvalue weighted by Crippen LogP contribution is -2.35. The van der Waals surface area contributed by atoms with Crippen LogP contribution in [0.5, 0.6) is 11.5 Å². The Morgan fingerprint density at radius 2 is 1.65 bits per heavy atom. The first-order valence-electron chi connectivity index (χ1n) is 6.95. The first-order chi connectivity index (χ1) is 12.3. The molecule has 0 aromatic heterocycles. The van der Waals surface area contributed by atoms with Gasteiger partial charge in [-0.2, -0.15) is 0 Å². The third kappa shape index (κ3) is 4.07. The minimum absolute atomic E-state index is 0.0915. The largest absolute Gasteiger partial charge is 0.496 e. The normalized spacial score (nSPS) is 10.2. The Hall–Kier alpha value is -2.75. The summed E-state index contributed by atoms with van der Waals surface area (Å²) in [6.45, 7) is 0. The lowest BCUT2D eigenvalue weighted by molar-refractivity contribution is 0.0960. The molecule has 6 nitrogen and oxygen atoms in total. The molecule has 3 amide bonds. The molecule has 26 heavy (non-hydrogen) atoms. The number of hydrogen-bond acceptors (Lipinski definition) is 4. The maximum absolute atomic E-state index is 13.6.